The normalized spacial score (nSPS) is 11.9. The van der Waals surface area contributed by atoms with Gasteiger partial charge in [-0.25, -0.2) is 10.1 Å². The van der Waals surface area contributed by atoms with Crippen LogP contribution in [0.2, 0.25) is 0 Å². The standard InChI is InChI=1S/C7H15N3OS/c1-6(11)9-7(12-4)8-5-10(2)3/h5H2,1-4H3,(H,8,9,11)/p+1. The molecule has 70 valence electrons. The fourth-order valence-electron chi connectivity index (χ4n) is 0.557. The smallest absolute Gasteiger partial charge is 0.274 e. The molecule has 0 saturated heterocycles. The Balaban J connectivity index is 3.95. The van der Waals surface area contributed by atoms with E-state index in [0.29, 0.717) is 0 Å². The van der Waals surface area contributed by atoms with Crippen molar-refractivity contribution in [2.75, 3.05) is 27.0 Å². The molecule has 0 spiro atoms. The van der Waals surface area contributed by atoms with Gasteiger partial charge in [0.15, 0.2) is 0 Å². The number of hydrogen-bond donors (Lipinski definition) is 2. The highest BCUT2D eigenvalue weighted by Crippen LogP contribution is 1.85. The van der Waals surface area contributed by atoms with Gasteiger partial charge in [0.2, 0.25) is 0 Å². The monoisotopic (exact) mass is 190 g/mol. The van der Waals surface area contributed by atoms with Crippen LogP contribution in [0.15, 0.2) is 0 Å². The second-order valence-electron chi connectivity index (χ2n) is 2.63. The molecule has 0 aromatic heterocycles. The Kier molecular flexibility index (Phi) is 5.74. The number of amides is 1. The van der Waals surface area contributed by atoms with Crippen molar-refractivity contribution in [3.8, 4) is 0 Å². The van der Waals surface area contributed by atoms with Crippen LogP contribution in [-0.2, 0) is 4.79 Å². The van der Waals surface area contributed by atoms with Crippen molar-refractivity contribution in [2.24, 2.45) is 0 Å². The Morgan fingerprint density at radius 3 is 2.50 bits per heavy atom. The molecule has 0 heterocycles. The molecule has 0 bridgehead atoms. The Hall–Kier alpha value is -0.550. The minimum absolute atomic E-state index is 0.0504. The molecule has 4 nitrogen and oxygen atoms in total. The molecule has 0 saturated carbocycles. The lowest BCUT2D eigenvalue weighted by Gasteiger charge is -2.03. The summed E-state index contributed by atoms with van der Waals surface area (Å²) in [7, 11) is 3.91. The van der Waals surface area contributed by atoms with Gasteiger partial charge in [0.05, 0.1) is 0 Å². The minimum atomic E-state index is -0.0504. The van der Waals surface area contributed by atoms with E-state index in [2.05, 4.69) is 10.3 Å². The number of nitrogens with zero attached hydrogens (tertiary/aromatic N) is 1. The van der Waals surface area contributed by atoms with E-state index in [9.17, 15) is 4.79 Å². The van der Waals surface area contributed by atoms with Crippen molar-refractivity contribution in [3.05, 3.63) is 0 Å². The predicted octanol–water partition coefficient (Wildman–Crippen LogP) is -1.56. The Labute approximate surface area is 77.4 Å². The zero-order valence-corrected chi connectivity index (χ0v) is 8.79. The summed E-state index contributed by atoms with van der Waals surface area (Å²) >= 11 is 1.49. The zero-order chi connectivity index (χ0) is 9.56. The molecule has 0 aliphatic carbocycles. The van der Waals surface area contributed by atoms with Crippen LogP contribution >= 0.6 is 11.8 Å². The maximum absolute atomic E-state index is 10.7. The lowest BCUT2D eigenvalue weighted by Crippen LogP contribution is -2.78. The molecule has 1 amide bonds. The SMILES string of the molecule is CSC(NC(C)=O)=[NH+]CN(C)C. The molecule has 5 heteroatoms. The first-order valence-electron chi connectivity index (χ1n) is 3.63. The van der Waals surface area contributed by atoms with Crippen LogP contribution in [0.4, 0.5) is 0 Å². The number of hydrogen-bond acceptors (Lipinski definition) is 3. The minimum Gasteiger partial charge on any atom is -0.274 e. The fraction of sp³-hybridized carbons (Fsp3) is 0.714. The van der Waals surface area contributed by atoms with E-state index in [1.807, 2.05) is 25.3 Å². The molecule has 0 aromatic carbocycles. The molecule has 0 aliphatic rings. The molecule has 0 aliphatic heterocycles. The average Bonchev–Trinajstić information content (AvgIpc) is 1.97. The van der Waals surface area contributed by atoms with Crippen LogP contribution in [0.5, 0.6) is 0 Å². The van der Waals surface area contributed by atoms with E-state index in [0.717, 1.165) is 11.8 Å². The van der Waals surface area contributed by atoms with Crippen molar-refractivity contribution in [1.82, 2.24) is 10.2 Å². The summed E-state index contributed by atoms with van der Waals surface area (Å²) in [5, 5.41) is 3.48. The summed E-state index contributed by atoms with van der Waals surface area (Å²) in [5.41, 5.74) is 0. The van der Waals surface area contributed by atoms with Crippen LogP contribution in [0, 0.1) is 0 Å². The molecule has 0 fully saturated rings. The van der Waals surface area contributed by atoms with Crippen LogP contribution in [-0.4, -0.2) is 43.0 Å². The average molecular weight is 190 g/mol. The first-order chi connectivity index (χ1) is 5.56. The summed E-state index contributed by atoms with van der Waals surface area (Å²) in [5.74, 6) is -0.0504. The molecule has 0 aromatic rings. The molecule has 2 N–H and O–H groups in total. The Bertz CT molecular complexity index is 179. The fourth-order valence-corrected chi connectivity index (χ4v) is 1.01. The molecule has 0 atom stereocenters. The summed E-state index contributed by atoms with van der Waals surface area (Å²) in [4.78, 5) is 15.7. The number of carbonyl (C=O) groups excluding carboxylic acids is 1. The van der Waals surface area contributed by atoms with Crippen molar-refractivity contribution >= 4 is 22.8 Å². The van der Waals surface area contributed by atoms with E-state index in [4.69, 9.17) is 0 Å². The van der Waals surface area contributed by atoms with E-state index in [1.54, 1.807) is 0 Å². The van der Waals surface area contributed by atoms with Crippen molar-refractivity contribution < 1.29 is 9.79 Å². The van der Waals surface area contributed by atoms with E-state index < -0.39 is 0 Å². The van der Waals surface area contributed by atoms with Gasteiger partial charge in [0, 0.05) is 6.92 Å². The lowest BCUT2D eigenvalue weighted by molar-refractivity contribution is -0.479. The molecule has 12 heavy (non-hydrogen) atoms. The quantitative estimate of drug-likeness (QED) is 0.314. The molecular formula is C7H16N3OS+. The van der Waals surface area contributed by atoms with Crippen LogP contribution < -0.4 is 10.3 Å². The van der Waals surface area contributed by atoms with Crippen LogP contribution in [0.25, 0.3) is 0 Å². The van der Waals surface area contributed by atoms with Crippen molar-refractivity contribution in [1.29, 1.82) is 0 Å². The summed E-state index contributed by atoms with van der Waals surface area (Å²) in [6.07, 6.45) is 1.91. The van der Waals surface area contributed by atoms with E-state index in [-0.39, 0.29) is 5.91 Å². The third-order valence-corrected chi connectivity index (χ3v) is 1.70. The Morgan fingerprint density at radius 1 is 1.58 bits per heavy atom. The van der Waals surface area contributed by atoms with Gasteiger partial charge in [-0.1, -0.05) is 0 Å². The number of carbonyl (C=O) groups is 1. The zero-order valence-electron chi connectivity index (χ0n) is 7.97. The summed E-state index contributed by atoms with van der Waals surface area (Å²) in [6.45, 7) is 2.21. The molecule has 0 unspecified atom stereocenters. The van der Waals surface area contributed by atoms with Gasteiger partial charge >= 0.3 is 11.1 Å². The van der Waals surface area contributed by atoms with E-state index in [1.165, 1.54) is 18.7 Å². The van der Waals surface area contributed by atoms with Gasteiger partial charge in [0.25, 0.3) is 0 Å². The van der Waals surface area contributed by atoms with Gasteiger partial charge in [0.1, 0.15) is 6.67 Å². The van der Waals surface area contributed by atoms with E-state index >= 15 is 0 Å². The number of rotatable bonds is 2. The highest BCUT2D eigenvalue weighted by Gasteiger charge is 2.06. The van der Waals surface area contributed by atoms with Gasteiger partial charge in [-0.15, -0.1) is 0 Å². The highest BCUT2D eigenvalue weighted by atomic mass is 32.2. The second kappa shape index (κ2) is 6.02. The topological polar surface area (TPSA) is 46.3 Å². The van der Waals surface area contributed by atoms with Gasteiger partial charge in [-0.2, -0.15) is 0 Å². The maximum atomic E-state index is 10.7. The van der Waals surface area contributed by atoms with Gasteiger partial charge in [-0.3, -0.25) is 9.89 Å². The summed E-state index contributed by atoms with van der Waals surface area (Å²) < 4.78 is 0. The first-order valence-corrected chi connectivity index (χ1v) is 4.86. The van der Waals surface area contributed by atoms with Crippen molar-refractivity contribution in [3.63, 3.8) is 0 Å². The Morgan fingerprint density at radius 2 is 2.17 bits per heavy atom. The first kappa shape index (κ1) is 11.4. The van der Waals surface area contributed by atoms with Gasteiger partial charge < -0.3 is 0 Å². The number of nitrogens with one attached hydrogen (secondary N) is 2. The van der Waals surface area contributed by atoms with Crippen molar-refractivity contribution in [2.45, 2.75) is 6.92 Å². The van der Waals surface area contributed by atoms with Crippen LogP contribution in [0.1, 0.15) is 6.92 Å². The summed E-state index contributed by atoms with van der Waals surface area (Å²) in [6, 6.07) is 0. The highest BCUT2D eigenvalue weighted by molar-refractivity contribution is 8.13. The number of thioether (sulfide) groups is 1. The molecular weight excluding hydrogens is 174 g/mol. The lowest BCUT2D eigenvalue weighted by atomic mass is 10.7. The molecule has 0 radical (unpaired) electrons. The third-order valence-electron chi connectivity index (χ3n) is 1.05. The maximum Gasteiger partial charge on any atom is 0.312 e. The number of amidine groups is 1. The van der Waals surface area contributed by atoms with Crippen LogP contribution in [0.3, 0.4) is 0 Å². The largest absolute Gasteiger partial charge is 0.312 e. The molecule has 0 rings (SSSR count). The van der Waals surface area contributed by atoms with Gasteiger partial charge in [-0.05, 0) is 32.1 Å². The predicted molar refractivity (Wildman–Crippen MR) is 51.9 cm³/mol. The second-order valence-corrected chi connectivity index (χ2v) is 3.45. The third kappa shape index (κ3) is 6.18.